The molecule has 0 spiro atoms. The summed E-state index contributed by atoms with van der Waals surface area (Å²) in [5, 5.41) is 2.85. The number of nitrogens with zero attached hydrogens (tertiary/aromatic N) is 1. The highest BCUT2D eigenvalue weighted by Crippen LogP contribution is 2.24. The van der Waals surface area contributed by atoms with Crippen molar-refractivity contribution in [2.24, 2.45) is 0 Å². The minimum atomic E-state index is -0.188. The Kier molecular flexibility index (Phi) is 6.19. The quantitative estimate of drug-likeness (QED) is 0.878. The van der Waals surface area contributed by atoms with Crippen molar-refractivity contribution in [1.29, 1.82) is 0 Å². The van der Waals surface area contributed by atoms with Crippen molar-refractivity contribution in [3.8, 4) is 5.75 Å². The zero-order chi connectivity index (χ0) is 15.9. The second-order valence-electron chi connectivity index (χ2n) is 5.85. The molecule has 1 aliphatic rings. The van der Waals surface area contributed by atoms with E-state index in [1.54, 1.807) is 19.2 Å². The van der Waals surface area contributed by atoms with Crippen LogP contribution in [0.15, 0.2) is 18.2 Å². The van der Waals surface area contributed by atoms with E-state index < -0.39 is 0 Å². The van der Waals surface area contributed by atoms with Crippen molar-refractivity contribution in [3.63, 3.8) is 0 Å². The summed E-state index contributed by atoms with van der Waals surface area (Å²) in [6.45, 7) is 3.77. The summed E-state index contributed by atoms with van der Waals surface area (Å²) in [5.74, 6) is 0.497. The Hall–Kier alpha value is -1.62. The molecule has 1 aromatic rings. The highest BCUT2D eigenvalue weighted by molar-refractivity contribution is 5.72. The van der Waals surface area contributed by atoms with E-state index in [2.05, 4.69) is 10.2 Å². The molecule has 2 rings (SSSR count). The largest absolute Gasteiger partial charge is 0.497 e. The number of hydrogen-bond acceptors (Lipinski definition) is 3. The zero-order valence-corrected chi connectivity index (χ0v) is 13.4. The lowest BCUT2D eigenvalue weighted by Crippen LogP contribution is -2.41. The number of rotatable bonds is 6. The predicted molar refractivity (Wildman–Crippen MR) is 84.3 cm³/mol. The normalized spacial score (nSPS) is 19.0. The van der Waals surface area contributed by atoms with Gasteiger partial charge in [0.05, 0.1) is 7.11 Å². The van der Waals surface area contributed by atoms with Gasteiger partial charge in [0.1, 0.15) is 11.6 Å². The second-order valence-corrected chi connectivity index (χ2v) is 5.85. The molecule has 1 amide bonds. The highest BCUT2D eigenvalue weighted by Gasteiger charge is 2.23. The first-order valence-electron chi connectivity index (χ1n) is 7.91. The van der Waals surface area contributed by atoms with Crippen molar-refractivity contribution in [2.45, 2.75) is 45.2 Å². The molecule has 0 radical (unpaired) electrons. The van der Waals surface area contributed by atoms with Gasteiger partial charge < -0.3 is 10.1 Å². The Balaban J connectivity index is 2.00. The van der Waals surface area contributed by atoms with Gasteiger partial charge in [0.15, 0.2) is 0 Å². The van der Waals surface area contributed by atoms with Crippen LogP contribution >= 0.6 is 0 Å². The molecule has 1 atom stereocenters. The molecule has 122 valence electrons. The first-order chi connectivity index (χ1) is 10.6. The van der Waals surface area contributed by atoms with Gasteiger partial charge in [0.25, 0.3) is 0 Å². The van der Waals surface area contributed by atoms with Crippen molar-refractivity contribution in [1.82, 2.24) is 10.2 Å². The lowest BCUT2D eigenvalue weighted by molar-refractivity contribution is -0.119. The monoisotopic (exact) mass is 308 g/mol. The summed E-state index contributed by atoms with van der Waals surface area (Å²) in [7, 11) is 1.59. The molecule has 1 heterocycles. The molecule has 0 saturated carbocycles. The van der Waals surface area contributed by atoms with Crippen LogP contribution in [0.2, 0.25) is 0 Å². The number of amides is 1. The van der Waals surface area contributed by atoms with E-state index in [0.717, 1.165) is 25.8 Å². The van der Waals surface area contributed by atoms with Crippen molar-refractivity contribution in [3.05, 3.63) is 29.6 Å². The van der Waals surface area contributed by atoms with Crippen LogP contribution in [-0.4, -0.2) is 37.0 Å². The van der Waals surface area contributed by atoms with Gasteiger partial charge in [-0.05, 0) is 44.0 Å². The van der Waals surface area contributed by atoms with Crippen LogP contribution in [0.3, 0.4) is 0 Å². The van der Waals surface area contributed by atoms with Gasteiger partial charge >= 0.3 is 0 Å². The summed E-state index contributed by atoms with van der Waals surface area (Å²) in [5.41, 5.74) is 0.672. The zero-order valence-electron chi connectivity index (χ0n) is 13.4. The van der Waals surface area contributed by atoms with Gasteiger partial charge in [0.2, 0.25) is 5.91 Å². The number of likely N-dealkylation sites (tertiary alicyclic amines) is 1. The molecule has 0 bridgehead atoms. The molecule has 0 aliphatic carbocycles. The van der Waals surface area contributed by atoms with E-state index >= 15 is 0 Å². The molecule has 22 heavy (non-hydrogen) atoms. The topological polar surface area (TPSA) is 41.6 Å². The minimum absolute atomic E-state index is 0.00111. The fourth-order valence-corrected chi connectivity index (χ4v) is 3.03. The molecular formula is C17H25FN2O2. The molecule has 0 aromatic heterocycles. The number of piperidine rings is 1. The maximum absolute atomic E-state index is 14.0. The number of nitrogens with one attached hydrogen (secondary N) is 1. The molecule has 4 nitrogen and oxygen atoms in total. The Morgan fingerprint density at radius 3 is 3.00 bits per heavy atom. The Labute approximate surface area is 131 Å². The van der Waals surface area contributed by atoms with Gasteiger partial charge in [0, 0.05) is 31.6 Å². The van der Waals surface area contributed by atoms with Crippen LogP contribution in [0.1, 0.15) is 38.2 Å². The second kappa shape index (κ2) is 8.13. The van der Waals surface area contributed by atoms with Crippen molar-refractivity contribution >= 4 is 5.91 Å². The van der Waals surface area contributed by atoms with Crippen LogP contribution in [0, 0.1) is 5.82 Å². The lowest BCUT2D eigenvalue weighted by Gasteiger charge is -2.36. The maximum atomic E-state index is 14.0. The summed E-state index contributed by atoms with van der Waals surface area (Å²) in [6, 6.07) is 5.27. The van der Waals surface area contributed by atoms with E-state index in [4.69, 9.17) is 4.74 Å². The molecule has 1 aromatic carbocycles. The number of hydrogen-bond donors (Lipinski definition) is 1. The van der Waals surface area contributed by atoms with Gasteiger partial charge in [-0.15, -0.1) is 0 Å². The number of ether oxygens (including phenoxy) is 1. The van der Waals surface area contributed by atoms with Crippen LogP contribution in [0.25, 0.3) is 0 Å². The molecule has 5 heteroatoms. The predicted octanol–water partition coefficient (Wildman–Crippen LogP) is 2.72. The van der Waals surface area contributed by atoms with Crippen LogP contribution in [-0.2, 0) is 11.3 Å². The third kappa shape index (κ3) is 4.70. The number of carbonyl (C=O) groups excluding carboxylic acids is 1. The molecule has 1 saturated heterocycles. The van der Waals surface area contributed by atoms with Crippen LogP contribution in [0.4, 0.5) is 4.39 Å². The number of benzene rings is 1. The SMILES string of the molecule is COc1ccc(F)c(CN2CCCC[C@@H]2CCNC(C)=O)c1. The van der Waals surface area contributed by atoms with Crippen LogP contribution < -0.4 is 10.1 Å². The van der Waals surface area contributed by atoms with E-state index in [1.165, 1.54) is 19.4 Å². The van der Waals surface area contributed by atoms with Gasteiger partial charge in [-0.1, -0.05) is 6.42 Å². The molecule has 1 aliphatic heterocycles. The Bertz CT molecular complexity index is 507. The van der Waals surface area contributed by atoms with Gasteiger partial charge in [-0.2, -0.15) is 0 Å². The number of carbonyl (C=O) groups is 1. The van der Waals surface area contributed by atoms with Crippen molar-refractivity contribution in [2.75, 3.05) is 20.2 Å². The standard InChI is InChI=1S/C17H25FN2O2/c1-13(21)19-9-8-15-5-3-4-10-20(15)12-14-11-16(22-2)6-7-17(14)18/h6-7,11,15H,3-5,8-10,12H2,1-2H3,(H,19,21)/t15-/m1/s1. The summed E-state index contributed by atoms with van der Waals surface area (Å²) >= 11 is 0. The number of halogens is 1. The smallest absolute Gasteiger partial charge is 0.216 e. The van der Waals surface area contributed by atoms with E-state index in [-0.39, 0.29) is 11.7 Å². The third-order valence-corrected chi connectivity index (χ3v) is 4.23. The Morgan fingerprint density at radius 1 is 1.45 bits per heavy atom. The summed E-state index contributed by atoms with van der Waals surface area (Å²) in [4.78, 5) is 13.3. The molecule has 1 fully saturated rings. The van der Waals surface area contributed by atoms with E-state index in [0.29, 0.717) is 30.4 Å². The molecule has 0 unspecified atom stereocenters. The Morgan fingerprint density at radius 2 is 2.27 bits per heavy atom. The summed E-state index contributed by atoms with van der Waals surface area (Å²) < 4.78 is 19.2. The highest BCUT2D eigenvalue weighted by atomic mass is 19.1. The lowest BCUT2D eigenvalue weighted by atomic mass is 9.98. The average molecular weight is 308 g/mol. The minimum Gasteiger partial charge on any atom is -0.497 e. The van der Waals surface area contributed by atoms with Gasteiger partial charge in [-0.25, -0.2) is 4.39 Å². The van der Waals surface area contributed by atoms with E-state index in [9.17, 15) is 9.18 Å². The average Bonchev–Trinajstić information content (AvgIpc) is 2.51. The van der Waals surface area contributed by atoms with Crippen molar-refractivity contribution < 1.29 is 13.9 Å². The summed E-state index contributed by atoms with van der Waals surface area (Å²) in [6.07, 6.45) is 4.35. The first-order valence-corrected chi connectivity index (χ1v) is 7.91. The van der Waals surface area contributed by atoms with E-state index in [1.807, 2.05) is 0 Å². The maximum Gasteiger partial charge on any atom is 0.216 e. The molecule has 1 N–H and O–H groups in total. The first kappa shape index (κ1) is 16.7. The fraction of sp³-hybridized carbons (Fsp3) is 0.588. The molecular weight excluding hydrogens is 283 g/mol. The van der Waals surface area contributed by atoms with Gasteiger partial charge in [-0.3, -0.25) is 9.69 Å². The van der Waals surface area contributed by atoms with Crippen LogP contribution in [0.5, 0.6) is 5.75 Å². The number of methoxy groups -OCH3 is 1. The fourth-order valence-electron chi connectivity index (χ4n) is 3.03. The third-order valence-electron chi connectivity index (χ3n) is 4.23.